The fourth-order valence-electron chi connectivity index (χ4n) is 2.56. The summed E-state index contributed by atoms with van der Waals surface area (Å²) in [4.78, 5) is 11.6. The van der Waals surface area contributed by atoms with Crippen LogP contribution in [-0.4, -0.2) is 50.8 Å². The maximum absolute atomic E-state index is 11.6. The van der Waals surface area contributed by atoms with Crippen LogP contribution in [0.2, 0.25) is 0 Å². The molecular weight excluding hydrogens is 274 g/mol. The Kier molecular flexibility index (Phi) is 4.50. The lowest BCUT2D eigenvalue weighted by atomic mass is 10.2. The van der Waals surface area contributed by atoms with Crippen molar-refractivity contribution in [1.82, 2.24) is 5.32 Å². The summed E-state index contributed by atoms with van der Waals surface area (Å²) in [6, 6.07) is 9.87. The average molecular weight is 293 g/mol. The van der Waals surface area contributed by atoms with Crippen molar-refractivity contribution < 1.29 is 23.7 Å². The predicted octanol–water partition coefficient (Wildman–Crippen LogP) is 0.458. The second-order valence-electron chi connectivity index (χ2n) is 5.14. The van der Waals surface area contributed by atoms with Gasteiger partial charge in [-0.3, -0.25) is 0 Å². The van der Waals surface area contributed by atoms with E-state index in [4.69, 9.17) is 18.9 Å². The van der Waals surface area contributed by atoms with E-state index in [2.05, 4.69) is 5.32 Å². The molecule has 2 aliphatic heterocycles. The molecule has 0 spiro atoms. The molecule has 0 aliphatic carbocycles. The van der Waals surface area contributed by atoms with Crippen molar-refractivity contribution in [3.63, 3.8) is 0 Å². The van der Waals surface area contributed by atoms with Gasteiger partial charge in [-0.2, -0.15) is 0 Å². The molecule has 1 aromatic rings. The third-order valence-corrected chi connectivity index (χ3v) is 3.68. The number of fused-ring (bicyclic) bond motifs is 2. The van der Waals surface area contributed by atoms with Gasteiger partial charge in [0, 0.05) is 6.54 Å². The zero-order valence-corrected chi connectivity index (χ0v) is 11.9. The van der Waals surface area contributed by atoms with Crippen LogP contribution in [0.5, 0.6) is 0 Å². The molecule has 6 heteroatoms. The van der Waals surface area contributed by atoms with Crippen molar-refractivity contribution in [3.8, 4) is 0 Å². The number of benzene rings is 1. The number of ether oxygens (including phenoxy) is 4. The Balaban J connectivity index is 1.49. The molecule has 0 aromatic heterocycles. The molecule has 1 N–H and O–H groups in total. The van der Waals surface area contributed by atoms with Crippen LogP contribution >= 0.6 is 0 Å². The SMILES string of the molecule is COC(=O)[C@H]1O[C@H]2O[C@@H]1CN[C@H]2COCc1ccccc1. The number of carbonyl (C=O) groups is 1. The van der Waals surface area contributed by atoms with E-state index in [9.17, 15) is 4.79 Å². The molecule has 2 saturated heterocycles. The fraction of sp³-hybridized carbons (Fsp3) is 0.533. The van der Waals surface area contributed by atoms with E-state index in [0.29, 0.717) is 19.8 Å². The lowest BCUT2D eigenvalue weighted by Crippen LogP contribution is -2.51. The van der Waals surface area contributed by atoms with Crippen molar-refractivity contribution in [2.24, 2.45) is 0 Å². The summed E-state index contributed by atoms with van der Waals surface area (Å²) in [6.45, 7) is 1.55. The normalized spacial score (nSPS) is 31.1. The molecule has 3 rings (SSSR count). The molecule has 1 aromatic carbocycles. The Morgan fingerprint density at radius 1 is 1.33 bits per heavy atom. The van der Waals surface area contributed by atoms with Gasteiger partial charge in [-0.25, -0.2) is 4.79 Å². The van der Waals surface area contributed by atoms with Gasteiger partial charge < -0.3 is 24.3 Å². The Bertz CT molecular complexity index is 480. The molecule has 0 saturated carbocycles. The first-order valence-electron chi connectivity index (χ1n) is 7.01. The predicted molar refractivity (Wildman–Crippen MR) is 73.4 cm³/mol. The molecule has 6 nitrogen and oxygen atoms in total. The number of esters is 1. The highest BCUT2D eigenvalue weighted by atomic mass is 16.7. The second kappa shape index (κ2) is 6.53. The van der Waals surface area contributed by atoms with Crippen LogP contribution in [0.3, 0.4) is 0 Å². The van der Waals surface area contributed by atoms with Crippen molar-refractivity contribution in [3.05, 3.63) is 35.9 Å². The molecule has 4 atom stereocenters. The molecule has 21 heavy (non-hydrogen) atoms. The van der Waals surface area contributed by atoms with Crippen LogP contribution in [0, 0.1) is 0 Å². The first-order valence-corrected chi connectivity index (χ1v) is 7.01. The van der Waals surface area contributed by atoms with Crippen LogP contribution in [0.15, 0.2) is 30.3 Å². The summed E-state index contributed by atoms with van der Waals surface area (Å²) < 4.78 is 21.7. The Morgan fingerprint density at radius 3 is 2.90 bits per heavy atom. The van der Waals surface area contributed by atoms with Crippen molar-refractivity contribution in [2.75, 3.05) is 20.3 Å². The van der Waals surface area contributed by atoms with Crippen LogP contribution in [0.1, 0.15) is 5.56 Å². The molecule has 2 bridgehead atoms. The third kappa shape index (κ3) is 3.24. The summed E-state index contributed by atoms with van der Waals surface area (Å²) in [5, 5.41) is 3.29. The Morgan fingerprint density at radius 2 is 2.14 bits per heavy atom. The van der Waals surface area contributed by atoms with Crippen LogP contribution < -0.4 is 5.32 Å². The van der Waals surface area contributed by atoms with Crippen molar-refractivity contribution in [2.45, 2.75) is 31.1 Å². The minimum absolute atomic E-state index is 0.0837. The van der Waals surface area contributed by atoms with Gasteiger partial charge in [-0.1, -0.05) is 30.3 Å². The van der Waals surface area contributed by atoms with Gasteiger partial charge in [0.1, 0.15) is 6.10 Å². The number of nitrogens with one attached hydrogen (secondary N) is 1. The molecule has 2 aliphatic rings. The fourth-order valence-corrected chi connectivity index (χ4v) is 2.56. The van der Waals surface area contributed by atoms with E-state index < -0.39 is 18.4 Å². The van der Waals surface area contributed by atoms with Gasteiger partial charge in [-0.15, -0.1) is 0 Å². The number of methoxy groups -OCH3 is 1. The van der Waals surface area contributed by atoms with E-state index in [-0.39, 0.29) is 12.1 Å². The van der Waals surface area contributed by atoms with Crippen molar-refractivity contribution in [1.29, 1.82) is 0 Å². The maximum Gasteiger partial charge on any atom is 0.337 e. The summed E-state index contributed by atoms with van der Waals surface area (Å²) in [6.07, 6.45) is -1.40. The number of carbonyl (C=O) groups excluding carboxylic acids is 1. The zero-order chi connectivity index (χ0) is 14.7. The highest BCUT2D eigenvalue weighted by Gasteiger charge is 2.48. The molecule has 2 fully saturated rings. The third-order valence-electron chi connectivity index (χ3n) is 3.68. The smallest absolute Gasteiger partial charge is 0.337 e. The molecular formula is C15H19NO5. The van der Waals surface area contributed by atoms with Gasteiger partial charge >= 0.3 is 5.97 Å². The number of hydrogen-bond acceptors (Lipinski definition) is 6. The Hall–Kier alpha value is -1.47. The van der Waals surface area contributed by atoms with Gasteiger partial charge in [-0.05, 0) is 5.56 Å². The van der Waals surface area contributed by atoms with E-state index in [1.54, 1.807) is 0 Å². The minimum Gasteiger partial charge on any atom is -0.467 e. The summed E-state index contributed by atoms with van der Waals surface area (Å²) in [5.74, 6) is -0.393. The van der Waals surface area contributed by atoms with Gasteiger partial charge in [0.05, 0.1) is 26.4 Å². The molecule has 0 radical (unpaired) electrons. The summed E-state index contributed by atoms with van der Waals surface area (Å²) in [7, 11) is 1.35. The first-order chi connectivity index (χ1) is 10.3. The van der Waals surface area contributed by atoms with Crippen molar-refractivity contribution >= 4 is 5.97 Å². The lowest BCUT2D eigenvalue weighted by molar-refractivity contribution is -0.156. The highest BCUT2D eigenvalue weighted by Crippen LogP contribution is 2.26. The van der Waals surface area contributed by atoms with Crippen LogP contribution in [-0.2, 0) is 30.3 Å². The van der Waals surface area contributed by atoms with E-state index in [1.807, 2.05) is 30.3 Å². The highest BCUT2D eigenvalue weighted by molar-refractivity contribution is 5.75. The summed E-state index contributed by atoms with van der Waals surface area (Å²) in [5.41, 5.74) is 1.12. The van der Waals surface area contributed by atoms with Gasteiger partial charge in [0.25, 0.3) is 0 Å². The molecule has 0 unspecified atom stereocenters. The minimum atomic E-state index is -0.647. The van der Waals surface area contributed by atoms with E-state index >= 15 is 0 Å². The van der Waals surface area contributed by atoms with Crippen LogP contribution in [0.25, 0.3) is 0 Å². The van der Waals surface area contributed by atoms with Crippen LogP contribution in [0.4, 0.5) is 0 Å². The number of hydrogen-bond donors (Lipinski definition) is 1. The molecule has 2 heterocycles. The maximum atomic E-state index is 11.6. The topological polar surface area (TPSA) is 66.0 Å². The van der Waals surface area contributed by atoms with E-state index in [1.165, 1.54) is 7.11 Å². The van der Waals surface area contributed by atoms with Gasteiger partial charge in [0.15, 0.2) is 12.4 Å². The average Bonchev–Trinajstić information content (AvgIpc) is 2.88. The quantitative estimate of drug-likeness (QED) is 0.796. The molecule has 0 amide bonds. The number of rotatable bonds is 5. The second-order valence-corrected chi connectivity index (χ2v) is 5.14. The molecule has 114 valence electrons. The largest absolute Gasteiger partial charge is 0.467 e. The van der Waals surface area contributed by atoms with Gasteiger partial charge in [0.2, 0.25) is 0 Å². The first kappa shape index (κ1) is 14.5. The number of morpholine rings is 1. The summed E-state index contributed by atoms with van der Waals surface area (Å²) >= 11 is 0. The lowest BCUT2D eigenvalue weighted by Gasteiger charge is -2.28. The zero-order valence-electron chi connectivity index (χ0n) is 11.9. The van der Waals surface area contributed by atoms with E-state index in [0.717, 1.165) is 5.56 Å². The standard InChI is InChI=1S/C15H19NO5/c1-18-14(17)13-12-7-16-11(15(20-12)21-13)9-19-8-10-5-3-2-4-6-10/h2-6,11-13,15-16H,7-9H2,1H3/t11-,12+,13-,15+/m0/s1. The Labute approximate surface area is 123 Å². The monoisotopic (exact) mass is 293 g/mol.